The number of anilines is 3. The van der Waals surface area contributed by atoms with Crippen LogP contribution in [0.1, 0.15) is 30.2 Å². The van der Waals surface area contributed by atoms with Gasteiger partial charge in [-0.3, -0.25) is 4.79 Å². The molecule has 0 aliphatic carbocycles. The fraction of sp³-hybridized carbons (Fsp3) is 0.450. The molecule has 0 saturated carbocycles. The van der Waals surface area contributed by atoms with E-state index >= 15 is 0 Å². The van der Waals surface area contributed by atoms with E-state index < -0.39 is 0 Å². The molecule has 1 aliphatic rings. The van der Waals surface area contributed by atoms with Gasteiger partial charge in [0.1, 0.15) is 17.3 Å². The summed E-state index contributed by atoms with van der Waals surface area (Å²) in [5.41, 5.74) is 2.27. The molecule has 0 bridgehead atoms. The maximum Gasteiger partial charge on any atom is 0.274 e. The zero-order valence-corrected chi connectivity index (χ0v) is 16.2. The second-order valence-corrected chi connectivity index (χ2v) is 6.43. The lowest BCUT2D eigenvalue weighted by Gasteiger charge is -2.28. The van der Waals surface area contributed by atoms with Crippen molar-refractivity contribution in [2.24, 2.45) is 0 Å². The summed E-state index contributed by atoms with van der Waals surface area (Å²) in [6.07, 6.45) is 0. The second-order valence-electron chi connectivity index (χ2n) is 6.43. The molecule has 3 rings (SSSR count). The van der Waals surface area contributed by atoms with Gasteiger partial charge in [0, 0.05) is 43.6 Å². The molecule has 1 N–H and O–H groups in total. The van der Waals surface area contributed by atoms with E-state index in [1.807, 2.05) is 24.3 Å². The van der Waals surface area contributed by atoms with Gasteiger partial charge in [0.05, 0.1) is 13.2 Å². The fourth-order valence-corrected chi connectivity index (χ4v) is 3.16. The summed E-state index contributed by atoms with van der Waals surface area (Å²) in [6, 6.07) is 9.63. The van der Waals surface area contributed by atoms with Crippen molar-refractivity contribution in [1.29, 1.82) is 0 Å². The number of nitrogens with zero attached hydrogens (tertiary/aromatic N) is 4. The highest BCUT2D eigenvalue weighted by molar-refractivity contribution is 6.03. The number of carbonyl (C=O) groups is 1. The Morgan fingerprint density at radius 3 is 2.44 bits per heavy atom. The molecule has 7 heteroatoms. The number of hydrogen-bond acceptors (Lipinski definition) is 6. The number of carbonyl (C=O) groups excluding carboxylic acids is 1. The van der Waals surface area contributed by atoms with Gasteiger partial charge in [0.2, 0.25) is 0 Å². The Labute approximate surface area is 160 Å². The summed E-state index contributed by atoms with van der Waals surface area (Å²) in [6.45, 7) is 10.8. The van der Waals surface area contributed by atoms with Crippen LogP contribution in [0.3, 0.4) is 0 Å². The van der Waals surface area contributed by atoms with Crippen LogP contribution in [0.5, 0.6) is 0 Å². The van der Waals surface area contributed by atoms with Gasteiger partial charge in [-0.05, 0) is 45.0 Å². The van der Waals surface area contributed by atoms with E-state index in [9.17, 15) is 4.79 Å². The predicted octanol–water partition coefficient (Wildman–Crippen LogP) is 2.72. The lowest BCUT2D eigenvalue weighted by Crippen LogP contribution is -2.37. The van der Waals surface area contributed by atoms with Crippen LogP contribution in [0.15, 0.2) is 30.3 Å². The summed E-state index contributed by atoms with van der Waals surface area (Å²) in [7, 11) is 0. The topological polar surface area (TPSA) is 70.6 Å². The monoisotopic (exact) mass is 369 g/mol. The Bertz CT molecular complexity index is 768. The van der Waals surface area contributed by atoms with Crippen LogP contribution in [0, 0.1) is 6.92 Å². The smallest absolute Gasteiger partial charge is 0.274 e. The second kappa shape index (κ2) is 8.81. The molecule has 1 amide bonds. The summed E-state index contributed by atoms with van der Waals surface area (Å²) in [5.74, 6) is 1.12. The third kappa shape index (κ3) is 4.74. The van der Waals surface area contributed by atoms with Crippen molar-refractivity contribution < 1.29 is 9.53 Å². The van der Waals surface area contributed by atoms with Crippen LogP contribution < -0.4 is 15.1 Å². The number of benzene rings is 1. The minimum absolute atomic E-state index is 0.231. The lowest BCUT2D eigenvalue weighted by molar-refractivity contribution is 0.102. The van der Waals surface area contributed by atoms with E-state index in [-0.39, 0.29) is 5.91 Å². The van der Waals surface area contributed by atoms with Crippen LogP contribution in [0.4, 0.5) is 17.2 Å². The van der Waals surface area contributed by atoms with Crippen LogP contribution in [-0.2, 0) is 4.74 Å². The molecule has 0 unspecified atom stereocenters. The molecule has 0 atom stereocenters. The minimum atomic E-state index is -0.231. The molecule has 27 heavy (non-hydrogen) atoms. The molecule has 1 saturated heterocycles. The quantitative estimate of drug-likeness (QED) is 0.844. The zero-order chi connectivity index (χ0) is 19.2. The Balaban J connectivity index is 1.73. The Morgan fingerprint density at radius 2 is 1.81 bits per heavy atom. The van der Waals surface area contributed by atoms with Gasteiger partial charge in [0.25, 0.3) is 5.91 Å². The van der Waals surface area contributed by atoms with Crippen LogP contribution in [0.25, 0.3) is 0 Å². The number of nitrogens with one attached hydrogen (secondary N) is 1. The maximum atomic E-state index is 12.7. The highest BCUT2D eigenvalue weighted by Gasteiger charge is 2.17. The van der Waals surface area contributed by atoms with Gasteiger partial charge in [-0.15, -0.1) is 0 Å². The van der Waals surface area contributed by atoms with Crippen LogP contribution >= 0.6 is 0 Å². The normalized spacial score (nSPS) is 14.1. The Hall–Kier alpha value is -2.67. The van der Waals surface area contributed by atoms with Crippen molar-refractivity contribution >= 4 is 23.1 Å². The van der Waals surface area contributed by atoms with Gasteiger partial charge < -0.3 is 19.9 Å². The summed E-state index contributed by atoms with van der Waals surface area (Å²) < 4.78 is 5.38. The van der Waals surface area contributed by atoms with Crippen molar-refractivity contribution in [3.63, 3.8) is 0 Å². The van der Waals surface area contributed by atoms with Crippen molar-refractivity contribution in [3.05, 3.63) is 41.9 Å². The fourth-order valence-electron chi connectivity index (χ4n) is 3.16. The van der Waals surface area contributed by atoms with Crippen molar-refractivity contribution in [2.75, 3.05) is 54.5 Å². The first-order valence-corrected chi connectivity index (χ1v) is 9.45. The average Bonchev–Trinajstić information content (AvgIpc) is 2.70. The number of aromatic nitrogens is 2. The van der Waals surface area contributed by atoms with E-state index in [4.69, 9.17) is 4.74 Å². The molecule has 1 aliphatic heterocycles. The van der Waals surface area contributed by atoms with Crippen LogP contribution in [-0.4, -0.2) is 55.3 Å². The van der Waals surface area contributed by atoms with Crippen LogP contribution in [0.2, 0.25) is 0 Å². The number of hydrogen-bond donors (Lipinski definition) is 1. The number of morpholine rings is 1. The first-order valence-electron chi connectivity index (χ1n) is 9.45. The van der Waals surface area contributed by atoms with Crippen molar-refractivity contribution in [1.82, 2.24) is 9.97 Å². The molecule has 2 aromatic rings. The molecule has 0 spiro atoms. The van der Waals surface area contributed by atoms with Gasteiger partial charge >= 0.3 is 0 Å². The van der Waals surface area contributed by atoms with Gasteiger partial charge in [0.15, 0.2) is 0 Å². The van der Waals surface area contributed by atoms with Crippen molar-refractivity contribution in [3.8, 4) is 0 Å². The van der Waals surface area contributed by atoms with E-state index in [2.05, 4.69) is 38.9 Å². The predicted molar refractivity (Wildman–Crippen MR) is 108 cm³/mol. The number of ether oxygens (including phenoxy) is 1. The molecule has 1 aromatic carbocycles. The highest BCUT2D eigenvalue weighted by Crippen LogP contribution is 2.19. The van der Waals surface area contributed by atoms with E-state index in [1.165, 1.54) is 0 Å². The van der Waals surface area contributed by atoms with Gasteiger partial charge in [-0.25, -0.2) is 9.97 Å². The zero-order valence-electron chi connectivity index (χ0n) is 16.2. The first-order chi connectivity index (χ1) is 13.1. The first kappa shape index (κ1) is 19.1. The maximum absolute atomic E-state index is 12.7. The average molecular weight is 369 g/mol. The molecule has 7 nitrogen and oxygen atoms in total. The Morgan fingerprint density at radius 1 is 1.15 bits per heavy atom. The number of rotatable bonds is 6. The van der Waals surface area contributed by atoms with E-state index in [1.54, 1.807) is 13.0 Å². The summed E-state index contributed by atoms with van der Waals surface area (Å²) in [4.78, 5) is 25.8. The SMILES string of the molecule is CCN(CC)c1ccc(NC(=O)c2cc(N3CCOCC3)nc(C)n2)cc1. The minimum Gasteiger partial charge on any atom is -0.378 e. The molecule has 144 valence electrons. The molecule has 0 radical (unpaired) electrons. The molecule has 1 fully saturated rings. The van der Waals surface area contributed by atoms with E-state index in [0.717, 1.165) is 43.4 Å². The molecule has 2 heterocycles. The van der Waals surface area contributed by atoms with Gasteiger partial charge in [-0.2, -0.15) is 0 Å². The summed E-state index contributed by atoms with van der Waals surface area (Å²) in [5, 5.41) is 2.93. The molecular weight excluding hydrogens is 342 g/mol. The lowest BCUT2D eigenvalue weighted by atomic mass is 10.2. The number of amides is 1. The largest absolute Gasteiger partial charge is 0.378 e. The standard InChI is InChI=1S/C20H27N5O2/c1-4-24(5-2)17-8-6-16(7-9-17)23-20(26)18-14-19(22-15(3)21-18)25-10-12-27-13-11-25/h6-9,14H,4-5,10-13H2,1-3H3,(H,23,26). The van der Waals surface area contributed by atoms with Gasteiger partial charge in [-0.1, -0.05) is 0 Å². The highest BCUT2D eigenvalue weighted by atomic mass is 16.5. The number of aryl methyl sites for hydroxylation is 1. The van der Waals surface area contributed by atoms with E-state index in [0.29, 0.717) is 24.7 Å². The summed E-state index contributed by atoms with van der Waals surface area (Å²) >= 11 is 0. The molecule has 1 aromatic heterocycles. The molecular formula is C20H27N5O2. The van der Waals surface area contributed by atoms with Crippen molar-refractivity contribution in [2.45, 2.75) is 20.8 Å². The third-order valence-corrected chi connectivity index (χ3v) is 4.65. The Kier molecular flexibility index (Phi) is 6.24. The third-order valence-electron chi connectivity index (χ3n) is 4.65.